The fraction of sp³-hybridized carbons (Fsp3) is 0.333. The predicted octanol–water partition coefficient (Wildman–Crippen LogP) is -2.52. The fourth-order valence-electron chi connectivity index (χ4n) is 1.88. The summed E-state index contributed by atoms with van der Waals surface area (Å²) in [6.07, 6.45) is 5.65. The van der Waals surface area contributed by atoms with Gasteiger partial charge >= 0.3 is 26.2 Å². The summed E-state index contributed by atoms with van der Waals surface area (Å²) < 4.78 is 0. The van der Waals surface area contributed by atoms with Crippen molar-refractivity contribution in [3.8, 4) is 0 Å². The van der Waals surface area contributed by atoms with Gasteiger partial charge in [0.25, 0.3) is 0 Å². The molecule has 0 N–H and O–H groups in total. The second kappa shape index (κ2) is 7.16. The van der Waals surface area contributed by atoms with Gasteiger partial charge in [0.15, 0.2) is 0 Å². The normalized spacial score (nSPS) is 16.6. The summed E-state index contributed by atoms with van der Waals surface area (Å²) in [7, 11) is -1.12. The van der Waals surface area contributed by atoms with Crippen molar-refractivity contribution < 1.29 is 51.0 Å². The summed E-state index contributed by atoms with van der Waals surface area (Å²) >= 11 is 0. The van der Waals surface area contributed by atoms with Crippen LogP contribution in [0.5, 0.6) is 0 Å². The molecule has 0 amide bonds. The summed E-state index contributed by atoms with van der Waals surface area (Å²) in [6.45, 7) is 7.21. The number of hydrogen-bond donors (Lipinski definition) is 0. The van der Waals surface area contributed by atoms with Crippen LogP contribution >= 0.6 is 0 Å². The van der Waals surface area contributed by atoms with Gasteiger partial charge in [-0.2, -0.15) is 5.56 Å². The van der Waals surface area contributed by atoms with E-state index in [4.69, 9.17) is 0 Å². The third-order valence-corrected chi connectivity index (χ3v) is 4.79. The average molecular weight is 349 g/mol. The van der Waals surface area contributed by atoms with E-state index in [0.29, 0.717) is 5.54 Å². The molecule has 0 bridgehead atoms. The largest absolute Gasteiger partial charge is 3.00 e. The maximum absolute atomic E-state index is 3.50. The first-order valence-electron chi connectivity index (χ1n) is 4.77. The van der Waals surface area contributed by atoms with E-state index >= 15 is 0 Å². The Morgan fingerprint density at radius 1 is 1.06 bits per heavy atom. The Labute approximate surface area is 131 Å². The van der Waals surface area contributed by atoms with Crippen LogP contribution in [0.25, 0.3) is 6.08 Å². The van der Waals surface area contributed by atoms with Crippen LogP contribution in [0, 0.1) is 6.08 Å². The molecule has 0 spiro atoms. The van der Waals surface area contributed by atoms with Crippen LogP contribution in [-0.2, 0) is 26.2 Å². The maximum Gasteiger partial charge on any atom is 3.00 e. The minimum absolute atomic E-state index is 0. The van der Waals surface area contributed by atoms with Crippen molar-refractivity contribution in [1.29, 1.82) is 0 Å². The van der Waals surface area contributed by atoms with Crippen molar-refractivity contribution in [2.24, 2.45) is 0 Å². The van der Waals surface area contributed by atoms with Gasteiger partial charge in [0.05, 0.1) is 0 Å². The van der Waals surface area contributed by atoms with E-state index in [1.54, 1.807) is 0 Å². The molecule has 1 aliphatic rings. The van der Waals surface area contributed by atoms with E-state index in [9.17, 15) is 0 Å². The molecular weight excluding hydrogens is 334 g/mol. The first-order valence-corrected chi connectivity index (χ1v) is 8.35. The van der Waals surface area contributed by atoms with E-state index in [0.717, 1.165) is 0 Å². The van der Waals surface area contributed by atoms with E-state index < -0.39 is 8.07 Å². The summed E-state index contributed by atoms with van der Waals surface area (Å²) in [4.78, 5) is 0. The monoisotopic (exact) mass is 347 g/mol. The van der Waals surface area contributed by atoms with E-state index in [1.807, 2.05) is 0 Å². The van der Waals surface area contributed by atoms with Crippen molar-refractivity contribution in [2.45, 2.75) is 25.2 Å². The zero-order chi connectivity index (χ0) is 9.47. The average Bonchev–Trinajstić information content (AvgIpc) is 2.45. The Morgan fingerprint density at radius 2 is 1.62 bits per heavy atom. The molecule has 1 radical (unpaired) electrons. The van der Waals surface area contributed by atoms with Crippen LogP contribution in [0.4, 0.5) is 0 Å². The van der Waals surface area contributed by atoms with Crippen molar-refractivity contribution in [2.75, 3.05) is 0 Å². The Morgan fingerprint density at radius 3 is 2.19 bits per heavy atom. The van der Waals surface area contributed by atoms with Crippen molar-refractivity contribution >= 4 is 14.1 Å². The van der Waals surface area contributed by atoms with Gasteiger partial charge in [0.1, 0.15) is 0 Å². The fourth-order valence-corrected chi connectivity index (χ4v) is 3.66. The second-order valence-electron chi connectivity index (χ2n) is 4.74. The van der Waals surface area contributed by atoms with Gasteiger partial charge in [-0.3, -0.25) is 6.08 Å². The molecule has 1 aromatic carbocycles. The number of halogens is 2. The second-order valence-corrected chi connectivity index (χ2v) is 10.0. The van der Waals surface area contributed by atoms with Crippen LogP contribution in [0.15, 0.2) is 24.3 Å². The SMILES string of the molecule is C[Si](C)(C)C1[C-]=Cc2ccccc21.[Cl-].[Cl-].[Zr+3]. The van der Waals surface area contributed by atoms with E-state index in [-0.39, 0.29) is 51.0 Å². The number of rotatable bonds is 1. The van der Waals surface area contributed by atoms with Gasteiger partial charge < -0.3 is 24.8 Å². The molecule has 0 heterocycles. The van der Waals surface area contributed by atoms with Crippen LogP contribution in [-0.4, -0.2) is 8.07 Å². The summed E-state index contributed by atoms with van der Waals surface area (Å²) in [5.74, 6) is 0. The van der Waals surface area contributed by atoms with Crippen LogP contribution in [0.3, 0.4) is 0 Å². The molecule has 1 unspecified atom stereocenters. The van der Waals surface area contributed by atoms with Gasteiger partial charge in [0, 0.05) is 8.07 Å². The maximum atomic E-state index is 3.50. The molecule has 0 aromatic heterocycles. The topological polar surface area (TPSA) is 0 Å². The summed E-state index contributed by atoms with van der Waals surface area (Å²) in [5, 5.41) is 0. The van der Waals surface area contributed by atoms with Crippen LogP contribution in [0.2, 0.25) is 19.6 Å². The summed E-state index contributed by atoms with van der Waals surface area (Å²) in [5.41, 5.74) is 3.46. The van der Waals surface area contributed by atoms with Gasteiger partial charge in [0.2, 0.25) is 0 Å². The summed E-state index contributed by atoms with van der Waals surface area (Å²) in [6, 6.07) is 8.66. The molecule has 0 saturated heterocycles. The van der Waals surface area contributed by atoms with E-state index in [1.165, 1.54) is 11.1 Å². The van der Waals surface area contributed by atoms with Gasteiger partial charge in [-0.25, -0.2) is 6.08 Å². The molecule has 0 saturated carbocycles. The molecule has 0 fully saturated rings. The van der Waals surface area contributed by atoms with Gasteiger partial charge in [-0.05, 0) is 0 Å². The molecule has 0 nitrogen and oxygen atoms in total. The Balaban J connectivity index is 0. The molecule has 1 aromatic rings. The molecule has 2 rings (SSSR count). The zero-order valence-corrected chi connectivity index (χ0v) is 14.7. The van der Waals surface area contributed by atoms with E-state index in [2.05, 4.69) is 56.1 Å². The van der Waals surface area contributed by atoms with Crippen LogP contribution < -0.4 is 24.8 Å². The number of benzene rings is 1. The molecule has 85 valence electrons. The Hall–Kier alpha value is 0.640. The molecule has 1 aliphatic carbocycles. The third kappa shape index (κ3) is 3.84. The number of hydrogen-bond acceptors (Lipinski definition) is 0. The zero-order valence-electron chi connectivity index (χ0n) is 9.72. The Kier molecular flexibility index (Phi) is 8.50. The Bertz CT molecular complexity index is 358. The first-order chi connectivity index (χ1) is 6.09. The van der Waals surface area contributed by atoms with Gasteiger partial charge in [-0.1, -0.05) is 43.4 Å². The van der Waals surface area contributed by atoms with Crippen LogP contribution in [0.1, 0.15) is 16.7 Å². The standard InChI is InChI=1S/C12H15Si.2ClH.Zr/c1-13(2,3)12-9-8-10-6-4-5-7-11(10)12;;;/h4-8,12H,1-3H3;2*1H;/q-1;;;+3/p-2. The van der Waals surface area contributed by atoms with Gasteiger partial charge in [-0.15, -0.1) is 11.6 Å². The third-order valence-electron chi connectivity index (χ3n) is 2.58. The first kappa shape index (κ1) is 19.0. The molecule has 16 heavy (non-hydrogen) atoms. The van der Waals surface area contributed by atoms with Crippen molar-refractivity contribution in [3.05, 3.63) is 41.5 Å². The molecular formula is C12H15Cl2SiZr. The molecule has 0 aliphatic heterocycles. The van der Waals surface area contributed by atoms with Crippen molar-refractivity contribution in [3.63, 3.8) is 0 Å². The predicted molar refractivity (Wildman–Crippen MR) is 60.2 cm³/mol. The molecule has 1 atom stereocenters. The quantitative estimate of drug-likeness (QED) is 0.388. The smallest absolute Gasteiger partial charge is 1.00 e. The number of fused-ring (bicyclic) bond motifs is 1. The molecule has 4 heteroatoms. The minimum Gasteiger partial charge on any atom is -1.00 e. The number of allylic oxidation sites excluding steroid dienone is 1. The van der Waals surface area contributed by atoms with Crippen molar-refractivity contribution in [1.82, 2.24) is 0 Å². The minimum atomic E-state index is -1.12.